The Morgan fingerprint density at radius 2 is 1.69 bits per heavy atom. The molecule has 2 aromatic rings. The Morgan fingerprint density at radius 3 is 2.31 bits per heavy atom. The molecule has 2 atom stereocenters. The van der Waals surface area contributed by atoms with Crippen LogP contribution in [0.2, 0.25) is 5.02 Å². The summed E-state index contributed by atoms with van der Waals surface area (Å²) in [5, 5.41) is 24.1. The first-order valence-electron chi connectivity index (χ1n) is 11.4. The SMILES string of the molecule is C=C1C=C(CC(NC(=O)c2ccc(Cl)cc2)C(=O)O)c2ccccc2N1.NCCCC[C@H](N)C(=O)O. The molecule has 8 N–H and O–H groups in total. The lowest BCUT2D eigenvalue weighted by Gasteiger charge is -2.23. The fourth-order valence-electron chi connectivity index (χ4n) is 3.43. The number of para-hydroxylation sites is 1. The van der Waals surface area contributed by atoms with Crippen LogP contribution in [0.4, 0.5) is 5.69 Å². The van der Waals surface area contributed by atoms with Gasteiger partial charge in [0.05, 0.1) is 0 Å². The van der Waals surface area contributed by atoms with Crippen molar-refractivity contribution in [2.75, 3.05) is 11.9 Å². The Hall–Kier alpha value is -3.66. The van der Waals surface area contributed by atoms with Gasteiger partial charge in [0.15, 0.2) is 0 Å². The van der Waals surface area contributed by atoms with Crippen molar-refractivity contribution >= 4 is 40.7 Å². The molecule has 0 bridgehead atoms. The minimum atomic E-state index is -1.10. The standard InChI is InChI=1S/C20H17ClN2O3.C6H14N2O2/c1-12-10-14(16-4-2-3-5-17(16)22-12)11-18(20(25)26)23-19(24)13-6-8-15(21)9-7-13;7-4-2-1-3-5(8)6(9)10/h2-10,18,22H,1,11H2,(H,23,24)(H,25,26);5H,1-4,7-8H2,(H,9,10)/t;5-/m.0/s1. The number of hydrogen-bond acceptors (Lipinski definition) is 6. The summed E-state index contributed by atoms with van der Waals surface area (Å²) in [6.45, 7) is 4.50. The number of carbonyl (C=O) groups excluding carboxylic acids is 1. The number of carboxylic acids is 2. The summed E-state index contributed by atoms with van der Waals surface area (Å²) in [4.78, 5) is 34.2. The smallest absolute Gasteiger partial charge is 0.326 e. The van der Waals surface area contributed by atoms with Gasteiger partial charge in [0.25, 0.3) is 5.91 Å². The molecule has 2 aromatic carbocycles. The van der Waals surface area contributed by atoms with Gasteiger partial charge in [-0.1, -0.05) is 42.8 Å². The highest BCUT2D eigenvalue weighted by Gasteiger charge is 2.25. The zero-order valence-corrected chi connectivity index (χ0v) is 20.5. The van der Waals surface area contributed by atoms with Crippen LogP contribution in [0.15, 0.2) is 66.9 Å². The molecule has 0 fully saturated rings. The second kappa shape index (κ2) is 14.0. The Kier molecular flexibility index (Phi) is 11.1. The summed E-state index contributed by atoms with van der Waals surface area (Å²) in [5.41, 5.74) is 14.0. The number of halogens is 1. The molecule has 0 radical (unpaired) electrons. The van der Waals surface area contributed by atoms with E-state index in [2.05, 4.69) is 17.2 Å². The van der Waals surface area contributed by atoms with Crippen LogP contribution >= 0.6 is 11.6 Å². The van der Waals surface area contributed by atoms with Gasteiger partial charge < -0.3 is 32.3 Å². The van der Waals surface area contributed by atoms with Crippen molar-refractivity contribution in [3.8, 4) is 0 Å². The predicted molar refractivity (Wildman–Crippen MR) is 141 cm³/mol. The van der Waals surface area contributed by atoms with Crippen LogP contribution in [0.1, 0.15) is 41.6 Å². The van der Waals surface area contributed by atoms with E-state index < -0.39 is 29.9 Å². The number of allylic oxidation sites excluding steroid dienone is 1. The molecule has 0 saturated carbocycles. The van der Waals surface area contributed by atoms with Gasteiger partial charge in [0, 0.05) is 34.0 Å². The average Bonchev–Trinajstić information content (AvgIpc) is 2.84. The second-order valence-corrected chi connectivity index (χ2v) is 8.61. The molecule has 9 nitrogen and oxygen atoms in total. The molecule has 3 rings (SSSR count). The number of benzene rings is 2. The lowest BCUT2D eigenvalue weighted by atomic mass is 9.93. The van der Waals surface area contributed by atoms with Crippen LogP contribution in [0.3, 0.4) is 0 Å². The number of rotatable bonds is 10. The predicted octanol–water partition coefficient (Wildman–Crippen LogP) is 3.46. The second-order valence-electron chi connectivity index (χ2n) is 8.17. The lowest BCUT2D eigenvalue weighted by Crippen LogP contribution is -2.41. The Labute approximate surface area is 214 Å². The van der Waals surface area contributed by atoms with E-state index in [1.165, 1.54) is 0 Å². The summed E-state index contributed by atoms with van der Waals surface area (Å²) >= 11 is 5.82. The monoisotopic (exact) mass is 514 g/mol. The fraction of sp³-hybridized carbons (Fsp3) is 0.269. The summed E-state index contributed by atoms with van der Waals surface area (Å²) in [5.74, 6) is -2.50. The van der Waals surface area contributed by atoms with Crippen molar-refractivity contribution in [2.24, 2.45) is 11.5 Å². The number of anilines is 1. The quantitative estimate of drug-likeness (QED) is 0.262. The van der Waals surface area contributed by atoms with Crippen LogP contribution in [0.25, 0.3) is 5.57 Å². The first-order valence-corrected chi connectivity index (χ1v) is 11.7. The van der Waals surface area contributed by atoms with E-state index in [9.17, 15) is 19.5 Å². The van der Waals surface area contributed by atoms with Crippen LogP contribution < -0.4 is 22.1 Å². The maximum Gasteiger partial charge on any atom is 0.326 e. The minimum absolute atomic E-state index is 0.145. The van der Waals surface area contributed by atoms with Gasteiger partial charge in [-0.3, -0.25) is 9.59 Å². The van der Waals surface area contributed by atoms with Crippen molar-refractivity contribution in [1.29, 1.82) is 0 Å². The fourth-order valence-corrected chi connectivity index (χ4v) is 3.56. The van der Waals surface area contributed by atoms with Crippen LogP contribution in [-0.2, 0) is 9.59 Å². The molecule has 1 aliphatic heterocycles. The van der Waals surface area contributed by atoms with E-state index in [-0.39, 0.29) is 6.42 Å². The summed E-state index contributed by atoms with van der Waals surface area (Å²) in [6, 6.07) is 12.1. The molecule has 0 aliphatic carbocycles. The molecule has 192 valence electrons. The Morgan fingerprint density at radius 1 is 1.03 bits per heavy atom. The van der Waals surface area contributed by atoms with Gasteiger partial charge in [-0.2, -0.15) is 0 Å². The van der Waals surface area contributed by atoms with Gasteiger partial charge in [-0.25, -0.2) is 4.79 Å². The van der Waals surface area contributed by atoms with Crippen molar-refractivity contribution in [1.82, 2.24) is 5.32 Å². The van der Waals surface area contributed by atoms with Gasteiger partial charge in [0.1, 0.15) is 12.1 Å². The third-order valence-corrected chi connectivity index (χ3v) is 5.59. The maximum absolute atomic E-state index is 12.4. The van der Waals surface area contributed by atoms with Crippen molar-refractivity contribution in [3.05, 3.63) is 83.0 Å². The summed E-state index contributed by atoms with van der Waals surface area (Å²) < 4.78 is 0. The highest BCUT2D eigenvalue weighted by molar-refractivity contribution is 6.30. The highest BCUT2D eigenvalue weighted by atomic mass is 35.5. The van der Waals surface area contributed by atoms with E-state index in [0.29, 0.717) is 29.2 Å². The lowest BCUT2D eigenvalue weighted by molar-refractivity contribution is -0.139. The number of hydrogen-bond donors (Lipinski definition) is 6. The average molecular weight is 515 g/mol. The molecule has 1 unspecified atom stereocenters. The Balaban J connectivity index is 0.000000388. The summed E-state index contributed by atoms with van der Waals surface area (Å²) in [6.07, 6.45) is 4.11. The van der Waals surface area contributed by atoms with Crippen molar-refractivity contribution in [2.45, 2.75) is 37.8 Å². The maximum atomic E-state index is 12.4. The van der Waals surface area contributed by atoms with E-state index in [1.54, 1.807) is 30.3 Å². The molecular weight excluding hydrogens is 484 g/mol. The largest absolute Gasteiger partial charge is 0.480 e. The molecule has 0 aromatic heterocycles. The van der Waals surface area contributed by atoms with Gasteiger partial charge >= 0.3 is 11.9 Å². The van der Waals surface area contributed by atoms with E-state index >= 15 is 0 Å². The highest BCUT2D eigenvalue weighted by Crippen LogP contribution is 2.33. The molecule has 1 aliphatic rings. The number of amides is 1. The number of nitrogens with two attached hydrogens (primary N) is 2. The topological polar surface area (TPSA) is 168 Å². The normalized spacial score (nSPS) is 13.6. The number of fused-ring (bicyclic) bond motifs is 1. The van der Waals surface area contributed by atoms with E-state index in [1.807, 2.05) is 24.3 Å². The number of nitrogens with one attached hydrogen (secondary N) is 2. The number of unbranched alkanes of at least 4 members (excludes halogenated alkanes) is 1. The van der Waals surface area contributed by atoms with Crippen LogP contribution in [0, 0.1) is 0 Å². The van der Waals surface area contributed by atoms with E-state index in [0.717, 1.165) is 29.7 Å². The molecule has 1 amide bonds. The van der Waals surface area contributed by atoms with Crippen molar-refractivity contribution < 1.29 is 24.6 Å². The first-order chi connectivity index (χ1) is 17.1. The number of carboxylic acid groups (broad SMARTS) is 2. The minimum Gasteiger partial charge on any atom is -0.480 e. The summed E-state index contributed by atoms with van der Waals surface area (Å²) in [7, 11) is 0. The third kappa shape index (κ3) is 8.84. The zero-order chi connectivity index (χ0) is 26.7. The van der Waals surface area contributed by atoms with Crippen LogP contribution in [-0.4, -0.2) is 46.7 Å². The molecule has 36 heavy (non-hydrogen) atoms. The first kappa shape index (κ1) is 28.6. The molecule has 10 heteroatoms. The van der Waals surface area contributed by atoms with Gasteiger partial charge in [-0.15, -0.1) is 0 Å². The molecule has 0 saturated heterocycles. The zero-order valence-electron chi connectivity index (χ0n) is 19.7. The molecule has 0 spiro atoms. The van der Waals surface area contributed by atoms with Crippen LogP contribution in [0.5, 0.6) is 0 Å². The van der Waals surface area contributed by atoms with Gasteiger partial charge in [-0.05, 0) is 61.4 Å². The Bertz CT molecular complexity index is 1120. The number of aliphatic carboxylic acids is 2. The van der Waals surface area contributed by atoms with Gasteiger partial charge in [0.2, 0.25) is 0 Å². The third-order valence-electron chi connectivity index (χ3n) is 5.34. The van der Waals surface area contributed by atoms with E-state index in [4.69, 9.17) is 28.2 Å². The van der Waals surface area contributed by atoms with Crippen molar-refractivity contribution in [3.63, 3.8) is 0 Å². The molecule has 1 heterocycles. The molecular formula is C26H31ClN4O5. The number of carbonyl (C=O) groups is 3.